The van der Waals surface area contributed by atoms with Crippen molar-refractivity contribution in [3.05, 3.63) is 11.8 Å². The van der Waals surface area contributed by atoms with Gasteiger partial charge in [0.25, 0.3) is 0 Å². The molecule has 5 nitrogen and oxygen atoms in total. The van der Waals surface area contributed by atoms with Gasteiger partial charge in [-0.05, 0) is 13.3 Å². The third-order valence-corrected chi connectivity index (χ3v) is 2.46. The molecule has 0 aliphatic rings. The fourth-order valence-electron chi connectivity index (χ4n) is 1.52. The van der Waals surface area contributed by atoms with Crippen molar-refractivity contribution < 1.29 is 4.79 Å². The standard InChI is InChI=1S/C11H20N4O/c1-5-9-7-10(15(4)14-9)13-8(2)6-11(16)12-3/h7-8,13H,5-6H2,1-4H3,(H,12,16). The topological polar surface area (TPSA) is 59.0 Å². The highest BCUT2D eigenvalue weighted by atomic mass is 16.1. The third-order valence-electron chi connectivity index (χ3n) is 2.46. The molecule has 1 amide bonds. The van der Waals surface area contributed by atoms with Gasteiger partial charge in [0.05, 0.1) is 5.69 Å². The number of amides is 1. The fraction of sp³-hybridized carbons (Fsp3) is 0.636. The Morgan fingerprint density at radius 1 is 1.62 bits per heavy atom. The molecule has 1 atom stereocenters. The highest BCUT2D eigenvalue weighted by Crippen LogP contribution is 2.11. The average molecular weight is 224 g/mol. The van der Waals surface area contributed by atoms with Crippen LogP contribution in [0, 0.1) is 0 Å². The van der Waals surface area contributed by atoms with Crippen LogP contribution in [0.1, 0.15) is 26.0 Å². The number of carbonyl (C=O) groups is 1. The number of carbonyl (C=O) groups excluding carboxylic acids is 1. The van der Waals surface area contributed by atoms with E-state index in [1.54, 1.807) is 11.7 Å². The summed E-state index contributed by atoms with van der Waals surface area (Å²) in [6, 6.07) is 2.11. The molecule has 1 aromatic heterocycles. The molecule has 0 aliphatic carbocycles. The normalized spacial score (nSPS) is 12.2. The van der Waals surface area contributed by atoms with E-state index < -0.39 is 0 Å². The van der Waals surface area contributed by atoms with Crippen LogP contribution in [0.25, 0.3) is 0 Å². The summed E-state index contributed by atoms with van der Waals surface area (Å²) < 4.78 is 1.80. The van der Waals surface area contributed by atoms with E-state index in [-0.39, 0.29) is 11.9 Å². The van der Waals surface area contributed by atoms with Crippen LogP contribution in [0.5, 0.6) is 0 Å². The van der Waals surface area contributed by atoms with Crippen molar-refractivity contribution in [1.29, 1.82) is 0 Å². The number of aromatic nitrogens is 2. The molecule has 2 N–H and O–H groups in total. The molecule has 1 unspecified atom stereocenters. The monoisotopic (exact) mass is 224 g/mol. The summed E-state index contributed by atoms with van der Waals surface area (Å²) in [5.41, 5.74) is 1.05. The molecule has 0 aromatic carbocycles. The SMILES string of the molecule is CCc1cc(NC(C)CC(=O)NC)n(C)n1. The van der Waals surface area contributed by atoms with E-state index in [2.05, 4.69) is 22.7 Å². The Bertz CT molecular complexity index is 359. The van der Waals surface area contributed by atoms with Gasteiger partial charge in [-0.25, -0.2) is 0 Å². The smallest absolute Gasteiger partial charge is 0.221 e. The van der Waals surface area contributed by atoms with Crippen molar-refractivity contribution in [2.45, 2.75) is 32.7 Å². The summed E-state index contributed by atoms with van der Waals surface area (Å²) in [6.45, 7) is 4.05. The first-order valence-corrected chi connectivity index (χ1v) is 5.56. The summed E-state index contributed by atoms with van der Waals surface area (Å²) in [4.78, 5) is 11.2. The van der Waals surface area contributed by atoms with Gasteiger partial charge in [0.15, 0.2) is 0 Å². The predicted molar refractivity (Wildman–Crippen MR) is 64.4 cm³/mol. The number of anilines is 1. The second-order valence-electron chi connectivity index (χ2n) is 3.92. The molecule has 5 heteroatoms. The number of nitrogens with one attached hydrogen (secondary N) is 2. The molecule has 0 radical (unpaired) electrons. The van der Waals surface area contributed by atoms with E-state index in [1.165, 1.54) is 0 Å². The minimum Gasteiger partial charge on any atom is -0.367 e. The number of nitrogens with zero attached hydrogens (tertiary/aromatic N) is 2. The number of rotatable bonds is 5. The fourth-order valence-corrected chi connectivity index (χ4v) is 1.52. The lowest BCUT2D eigenvalue weighted by Gasteiger charge is -2.13. The van der Waals surface area contributed by atoms with Crippen LogP contribution in [0.3, 0.4) is 0 Å². The second kappa shape index (κ2) is 5.53. The lowest BCUT2D eigenvalue weighted by Crippen LogP contribution is -2.27. The van der Waals surface area contributed by atoms with Crippen LogP contribution in [-0.4, -0.2) is 28.8 Å². The molecule has 0 bridgehead atoms. The Balaban J connectivity index is 2.58. The van der Waals surface area contributed by atoms with E-state index in [0.29, 0.717) is 6.42 Å². The zero-order valence-electron chi connectivity index (χ0n) is 10.4. The van der Waals surface area contributed by atoms with Gasteiger partial charge in [0.2, 0.25) is 5.91 Å². The van der Waals surface area contributed by atoms with Crippen LogP contribution in [0.15, 0.2) is 6.07 Å². The Morgan fingerprint density at radius 3 is 2.81 bits per heavy atom. The predicted octanol–water partition coefficient (Wildman–Crippen LogP) is 0.919. The van der Waals surface area contributed by atoms with Gasteiger partial charge < -0.3 is 10.6 Å². The van der Waals surface area contributed by atoms with Gasteiger partial charge in [-0.15, -0.1) is 0 Å². The van der Waals surface area contributed by atoms with Crippen molar-refractivity contribution in [3.63, 3.8) is 0 Å². The van der Waals surface area contributed by atoms with Crippen LogP contribution in [0.2, 0.25) is 0 Å². The molecule has 1 aromatic rings. The zero-order valence-corrected chi connectivity index (χ0v) is 10.4. The molecule has 16 heavy (non-hydrogen) atoms. The number of aryl methyl sites for hydroxylation is 2. The Kier molecular flexibility index (Phi) is 4.34. The maximum absolute atomic E-state index is 11.2. The molecule has 0 saturated carbocycles. The van der Waals surface area contributed by atoms with Crippen LogP contribution in [0.4, 0.5) is 5.82 Å². The lowest BCUT2D eigenvalue weighted by atomic mass is 10.2. The first-order chi connectivity index (χ1) is 7.56. The molecular formula is C11H20N4O. The van der Waals surface area contributed by atoms with E-state index in [0.717, 1.165) is 17.9 Å². The molecule has 0 fully saturated rings. The van der Waals surface area contributed by atoms with Crippen molar-refractivity contribution in [1.82, 2.24) is 15.1 Å². The molecule has 0 saturated heterocycles. The third kappa shape index (κ3) is 3.25. The van der Waals surface area contributed by atoms with Crippen molar-refractivity contribution >= 4 is 11.7 Å². The molecule has 1 heterocycles. The number of hydrogen-bond donors (Lipinski definition) is 2. The van der Waals surface area contributed by atoms with E-state index >= 15 is 0 Å². The first-order valence-electron chi connectivity index (χ1n) is 5.56. The van der Waals surface area contributed by atoms with Gasteiger partial charge in [-0.2, -0.15) is 5.10 Å². The lowest BCUT2D eigenvalue weighted by molar-refractivity contribution is -0.120. The van der Waals surface area contributed by atoms with Gasteiger partial charge in [-0.1, -0.05) is 6.92 Å². The number of hydrogen-bond acceptors (Lipinski definition) is 3. The maximum Gasteiger partial charge on any atom is 0.221 e. The van der Waals surface area contributed by atoms with Crippen LogP contribution in [-0.2, 0) is 18.3 Å². The summed E-state index contributed by atoms with van der Waals surface area (Å²) in [7, 11) is 3.54. The van der Waals surface area contributed by atoms with E-state index in [9.17, 15) is 4.79 Å². The molecular weight excluding hydrogens is 204 g/mol. The highest BCUT2D eigenvalue weighted by Gasteiger charge is 2.10. The van der Waals surface area contributed by atoms with Gasteiger partial charge in [0.1, 0.15) is 5.82 Å². The van der Waals surface area contributed by atoms with Crippen molar-refractivity contribution in [2.75, 3.05) is 12.4 Å². The largest absolute Gasteiger partial charge is 0.367 e. The quantitative estimate of drug-likeness (QED) is 0.782. The Morgan fingerprint density at radius 2 is 2.31 bits per heavy atom. The summed E-state index contributed by atoms with van der Waals surface area (Å²) >= 11 is 0. The van der Waals surface area contributed by atoms with Crippen molar-refractivity contribution in [2.24, 2.45) is 7.05 Å². The summed E-state index contributed by atoms with van der Waals surface area (Å²) in [6.07, 6.45) is 1.38. The minimum absolute atomic E-state index is 0.0397. The maximum atomic E-state index is 11.2. The van der Waals surface area contributed by atoms with Gasteiger partial charge in [0, 0.05) is 32.6 Å². The zero-order chi connectivity index (χ0) is 12.1. The van der Waals surface area contributed by atoms with Gasteiger partial charge in [-0.3, -0.25) is 9.48 Å². The summed E-state index contributed by atoms with van der Waals surface area (Å²) in [5, 5.41) is 10.2. The van der Waals surface area contributed by atoms with Gasteiger partial charge >= 0.3 is 0 Å². The summed E-state index contributed by atoms with van der Waals surface area (Å²) in [5.74, 6) is 0.992. The average Bonchev–Trinajstić information content (AvgIpc) is 2.59. The molecule has 0 spiro atoms. The molecule has 0 aliphatic heterocycles. The van der Waals surface area contributed by atoms with Crippen LogP contribution < -0.4 is 10.6 Å². The van der Waals surface area contributed by atoms with Crippen molar-refractivity contribution in [3.8, 4) is 0 Å². The Hall–Kier alpha value is -1.52. The molecule has 1 rings (SSSR count). The first kappa shape index (κ1) is 12.5. The second-order valence-corrected chi connectivity index (χ2v) is 3.92. The highest BCUT2D eigenvalue weighted by molar-refractivity contribution is 5.76. The molecule has 90 valence electrons. The Labute approximate surface area is 96.2 Å². The van der Waals surface area contributed by atoms with E-state index in [4.69, 9.17) is 0 Å². The van der Waals surface area contributed by atoms with E-state index in [1.807, 2.05) is 20.0 Å². The van der Waals surface area contributed by atoms with Crippen LogP contribution >= 0.6 is 0 Å². The minimum atomic E-state index is 0.0397.